The van der Waals surface area contributed by atoms with Gasteiger partial charge >= 0.3 is 0 Å². The number of hydrogen-bond acceptors (Lipinski definition) is 4. The van der Waals surface area contributed by atoms with Crippen LogP contribution in [0.15, 0.2) is 77.7 Å². The monoisotopic (exact) mass is 396 g/mol. The molecule has 0 unspecified atom stereocenters. The molecule has 6 nitrogen and oxygen atoms in total. The molecule has 0 heterocycles. The molecule has 0 saturated carbocycles. The number of nitrogens with one attached hydrogen (secondary N) is 1. The van der Waals surface area contributed by atoms with E-state index in [9.17, 15) is 13.2 Å². The Bertz CT molecular complexity index is 1120. The first-order chi connectivity index (χ1) is 13.4. The molecule has 0 aliphatic rings. The van der Waals surface area contributed by atoms with Crippen LogP contribution >= 0.6 is 0 Å². The molecule has 1 N–H and O–H groups in total. The number of carbonyl (C=O) groups excluding carboxylic acids is 1. The molecule has 28 heavy (non-hydrogen) atoms. The van der Waals surface area contributed by atoms with Gasteiger partial charge in [-0.05, 0) is 46.7 Å². The van der Waals surface area contributed by atoms with Crippen LogP contribution in [0.3, 0.4) is 0 Å². The number of anilines is 1. The maximum atomic E-state index is 12.2. The summed E-state index contributed by atoms with van der Waals surface area (Å²) in [5, 5.41) is 4.88. The summed E-state index contributed by atoms with van der Waals surface area (Å²) in [7, 11) is -1.14. The number of hydroxylamine groups is 1. The van der Waals surface area contributed by atoms with Gasteiger partial charge in [0.05, 0.1) is 12.0 Å². The number of carbonyl (C=O) groups is 1. The van der Waals surface area contributed by atoms with Crippen LogP contribution in [-0.4, -0.2) is 33.0 Å². The number of rotatable bonds is 6. The summed E-state index contributed by atoms with van der Waals surface area (Å²) in [6.07, 6.45) is 3.20. The van der Waals surface area contributed by atoms with Crippen molar-refractivity contribution in [2.24, 2.45) is 0 Å². The summed E-state index contributed by atoms with van der Waals surface area (Å²) in [5.41, 5.74) is 1.43. The molecule has 0 fully saturated rings. The smallest absolute Gasteiger partial charge is 0.264 e. The Balaban J connectivity index is 1.72. The zero-order valence-electron chi connectivity index (χ0n) is 15.5. The number of amides is 1. The molecule has 0 aliphatic carbocycles. The van der Waals surface area contributed by atoms with Crippen molar-refractivity contribution in [1.82, 2.24) is 4.47 Å². The largest absolute Gasteiger partial charge is 0.323 e. The number of nitrogens with zero attached hydrogens (tertiary/aromatic N) is 1. The Morgan fingerprint density at radius 1 is 1.00 bits per heavy atom. The van der Waals surface area contributed by atoms with Gasteiger partial charge < -0.3 is 5.32 Å². The van der Waals surface area contributed by atoms with Crippen LogP contribution in [0.1, 0.15) is 5.56 Å². The van der Waals surface area contributed by atoms with E-state index < -0.39 is 10.0 Å². The van der Waals surface area contributed by atoms with E-state index in [-0.39, 0.29) is 10.8 Å². The maximum Gasteiger partial charge on any atom is 0.264 e. The van der Waals surface area contributed by atoms with Crippen LogP contribution in [0, 0.1) is 0 Å². The van der Waals surface area contributed by atoms with Gasteiger partial charge in [0, 0.05) is 18.8 Å². The molecule has 7 heteroatoms. The van der Waals surface area contributed by atoms with Crippen molar-refractivity contribution >= 4 is 38.5 Å². The molecule has 3 rings (SSSR count). The molecular formula is C21H20N2O4S. The minimum atomic E-state index is -3.72. The highest BCUT2D eigenvalue weighted by Gasteiger charge is 2.20. The van der Waals surface area contributed by atoms with Gasteiger partial charge in [0.1, 0.15) is 0 Å². The standard InChI is InChI=1S/C21H20N2O4S/c1-23(27-2)28(25,26)19-13-11-18(12-14-19)22-21(24)15-10-17-8-5-7-16-6-3-4-9-20(16)17/h3-15H,1-2H3,(H,22,24)/b15-10+. The Morgan fingerprint density at radius 3 is 2.39 bits per heavy atom. The van der Waals surface area contributed by atoms with Crippen LogP contribution < -0.4 is 5.32 Å². The lowest BCUT2D eigenvalue weighted by Gasteiger charge is -2.14. The Labute approximate surface area is 164 Å². The van der Waals surface area contributed by atoms with Crippen LogP contribution in [0.4, 0.5) is 5.69 Å². The molecule has 144 valence electrons. The van der Waals surface area contributed by atoms with E-state index in [1.54, 1.807) is 6.08 Å². The van der Waals surface area contributed by atoms with Gasteiger partial charge in [0.2, 0.25) is 5.91 Å². The molecule has 0 saturated heterocycles. The zero-order chi connectivity index (χ0) is 20.1. The topological polar surface area (TPSA) is 75.7 Å². The van der Waals surface area contributed by atoms with E-state index >= 15 is 0 Å². The molecule has 3 aromatic rings. The minimum Gasteiger partial charge on any atom is -0.323 e. The second kappa shape index (κ2) is 8.35. The molecular weight excluding hydrogens is 376 g/mol. The lowest BCUT2D eigenvalue weighted by atomic mass is 10.0. The fourth-order valence-electron chi connectivity index (χ4n) is 2.70. The summed E-state index contributed by atoms with van der Waals surface area (Å²) in [4.78, 5) is 17.0. The van der Waals surface area contributed by atoms with Crippen LogP contribution in [0.2, 0.25) is 0 Å². The molecule has 0 atom stereocenters. The second-order valence-electron chi connectivity index (χ2n) is 6.01. The quantitative estimate of drug-likeness (QED) is 0.509. The summed E-state index contributed by atoms with van der Waals surface area (Å²) in [6, 6.07) is 19.7. The first kappa shape index (κ1) is 19.8. The molecule has 0 radical (unpaired) electrons. The van der Waals surface area contributed by atoms with Gasteiger partial charge in [-0.2, -0.15) is 0 Å². The van der Waals surface area contributed by atoms with Crippen LogP contribution in [0.25, 0.3) is 16.8 Å². The van der Waals surface area contributed by atoms with Crippen molar-refractivity contribution in [2.45, 2.75) is 4.90 Å². The number of benzene rings is 3. The molecule has 3 aromatic carbocycles. The van der Waals surface area contributed by atoms with Crippen molar-refractivity contribution in [3.8, 4) is 0 Å². The third kappa shape index (κ3) is 4.28. The lowest BCUT2D eigenvalue weighted by Crippen LogP contribution is -2.25. The number of sulfonamides is 1. The van der Waals surface area contributed by atoms with E-state index in [2.05, 4.69) is 5.32 Å². The highest BCUT2D eigenvalue weighted by molar-refractivity contribution is 7.89. The van der Waals surface area contributed by atoms with Gasteiger partial charge in [-0.25, -0.2) is 8.42 Å². The average molecular weight is 396 g/mol. The molecule has 1 amide bonds. The third-order valence-corrected chi connectivity index (χ3v) is 5.95. The Kier molecular flexibility index (Phi) is 5.89. The molecule has 0 aromatic heterocycles. The van der Waals surface area contributed by atoms with E-state index in [1.807, 2.05) is 42.5 Å². The predicted octanol–water partition coefficient (Wildman–Crippen LogP) is 3.67. The van der Waals surface area contributed by atoms with Gasteiger partial charge in [-0.3, -0.25) is 9.63 Å². The third-order valence-electron chi connectivity index (χ3n) is 4.25. The summed E-state index contributed by atoms with van der Waals surface area (Å²) in [5.74, 6) is -0.308. The molecule has 0 bridgehead atoms. The SMILES string of the molecule is CON(C)S(=O)(=O)c1ccc(NC(=O)/C=C/c2cccc3ccccc23)cc1. The highest BCUT2D eigenvalue weighted by Crippen LogP contribution is 2.20. The first-order valence-corrected chi connectivity index (χ1v) is 9.96. The van der Waals surface area contributed by atoms with E-state index in [1.165, 1.54) is 44.5 Å². The maximum absolute atomic E-state index is 12.2. The van der Waals surface area contributed by atoms with E-state index in [4.69, 9.17) is 4.84 Å². The lowest BCUT2D eigenvalue weighted by molar-refractivity contribution is -0.111. The van der Waals surface area contributed by atoms with E-state index in [0.717, 1.165) is 20.8 Å². The van der Waals surface area contributed by atoms with Gasteiger partial charge in [-0.15, -0.1) is 0 Å². The van der Waals surface area contributed by atoms with Gasteiger partial charge in [0.25, 0.3) is 10.0 Å². The highest BCUT2D eigenvalue weighted by atomic mass is 32.2. The van der Waals surface area contributed by atoms with E-state index in [0.29, 0.717) is 5.69 Å². The van der Waals surface area contributed by atoms with Gasteiger partial charge in [0.15, 0.2) is 0 Å². The summed E-state index contributed by atoms with van der Waals surface area (Å²) < 4.78 is 25.1. The fourth-order valence-corrected chi connectivity index (χ4v) is 3.68. The fraction of sp³-hybridized carbons (Fsp3) is 0.0952. The van der Waals surface area contributed by atoms with Crippen molar-refractivity contribution in [1.29, 1.82) is 0 Å². The summed E-state index contributed by atoms with van der Waals surface area (Å²) in [6.45, 7) is 0. The zero-order valence-corrected chi connectivity index (χ0v) is 16.3. The normalized spacial score (nSPS) is 12.0. The Hall–Kier alpha value is -3.00. The molecule has 0 aliphatic heterocycles. The van der Waals surface area contributed by atoms with Crippen molar-refractivity contribution < 1.29 is 18.0 Å². The van der Waals surface area contributed by atoms with Crippen LogP contribution in [-0.2, 0) is 19.7 Å². The summed E-state index contributed by atoms with van der Waals surface area (Å²) >= 11 is 0. The molecule has 0 spiro atoms. The number of hydrogen-bond donors (Lipinski definition) is 1. The van der Waals surface area contributed by atoms with Crippen molar-refractivity contribution in [3.05, 3.63) is 78.4 Å². The van der Waals surface area contributed by atoms with Crippen molar-refractivity contribution in [2.75, 3.05) is 19.5 Å². The van der Waals surface area contributed by atoms with Crippen molar-refractivity contribution in [3.63, 3.8) is 0 Å². The first-order valence-electron chi connectivity index (χ1n) is 8.52. The second-order valence-corrected chi connectivity index (χ2v) is 7.95. The van der Waals surface area contributed by atoms with Gasteiger partial charge in [-0.1, -0.05) is 46.9 Å². The number of fused-ring (bicyclic) bond motifs is 1. The predicted molar refractivity (Wildman–Crippen MR) is 110 cm³/mol. The Morgan fingerprint density at radius 2 is 1.68 bits per heavy atom. The van der Waals surface area contributed by atoms with Crippen LogP contribution in [0.5, 0.6) is 0 Å². The average Bonchev–Trinajstić information content (AvgIpc) is 2.72. The minimum absolute atomic E-state index is 0.0705.